The zero-order valence-corrected chi connectivity index (χ0v) is 16.1. The van der Waals surface area contributed by atoms with Crippen molar-refractivity contribution in [1.29, 1.82) is 0 Å². The number of aromatic nitrogens is 1. The first-order chi connectivity index (χ1) is 12.8. The second-order valence-corrected chi connectivity index (χ2v) is 8.71. The van der Waals surface area contributed by atoms with Gasteiger partial charge in [-0.3, -0.25) is 10.1 Å². The molecular weight excluding hydrogens is 389 g/mol. The molecule has 0 aliphatic heterocycles. The van der Waals surface area contributed by atoms with Gasteiger partial charge in [0.15, 0.2) is 5.13 Å². The number of hydrogen-bond donors (Lipinski definition) is 2. The summed E-state index contributed by atoms with van der Waals surface area (Å²) in [6.45, 7) is 1.85. The van der Waals surface area contributed by atoms with Crippen molar-refractivity contribution in [3.63, 3.8) is 0 Å². The van der Waals surface area contributed by atoms with Crippen LogP contribution >= 0.6 is 11.3 Å². The quantitative estimate of drug-likeness (QED) is 0.681. The predicted molar refractivity (Wildman–Crippen MR) is 103 cm³/mol. The Labute approximate surface area is 160 Å². The van der Waals surface area contributed by atoms with Crippen molar-refractivity contribution < 1.29 is 17.6 Å². The number of halogens is 1. The molecule has 0 aliphatic carbocycles. The Kier molecular flexibility index (Phi) is 5.36. The number of anilines is 1. The van der Waals surface area contributed by atoms with Crippen molar-refractivity contribution >= 4 is 32.4 Å². The van der Waals surface area contributed by atoms with E-state index in [4.69, 9.17) is 0 Å². The summed E-state index contributed by atoms with van der Waals surface area (Å²) < 4.78 is 39.1. The molecule has 0 unspecified atom stereocenters. The molecule has 0 radical (unpaired) electrons. The van der Waals surface area contributed by atoms with E-state index >= 15 is 0 Å². The van der Waals surface area contributed by atoms with E-state index in [1.807, 2.05) is 6.92 Å². The highest BCUT2D eigenvalue weighted by molar-refractivity contribution is 7.89. The molecule has 2 N–H and O–H groups in total. The molecule has 1 aromatic heterocycles. The van der Waals surface area contributed by atoms with Gasteiger partial charge in [0.05, 0.1) is 10.6 Å². The highest BCUT2D eigenvalue weighted by atomic mass is 32.2. The van der Waals surface area contributed by atoms with Crippen LogP contribution in [0.3, 0.4) is 0 Å². The van der Waals surface area contributed by atoms with Crippen molar-refractivity contribution in [2.45, 2.75) is 11.8 Å². The summed E-state index contributed by atoms with van der Waals surface area (Å²) in [6.07, 6.45) is 0. The van der Waals surface area contributed by atoms with Crippen LogP contribution in [0.15, 0.2) is 53.4 Å². The van der Waals surface area contributed by atoms with Crippen LogP contribution < -0.4 is 10.0 Å². The van der Waals surface area contributed by atoms with Crippen LogP contribution in [0.25, 0.3) is 11.3 Å². The maximum atomic E-state index is 13.1. The maximum absolute atomic E-state index is 13.1. The van der Waals surface area contributed by atoms with Crippen molar-refractivity contribution in [3.8, 4) is 11.3 Å². The minimum Gasteiger partial charge on any atom is -0.298 e. The number of sulfonamides is 1. The summed E-state index contributed by atoms with van der Waals surface area (Å²) in [6, 6.07) is 11.6. The number of aryl methyl sites for hydroxylation is 1. The molecule has 3 aromatic rings. The van der Waals surface area contributed by atoms with Crippen molar-refractivity contribution in [1.82, 2.24) is 9.71 Å². The third kappa shape index (κ3) is 4.21. The molecular formula is C18H16FN3O3S2. The molecule has 2 aromatic carbocycles. The van der Waals surface area contributed by atoms with E-state index in [0.717, 1.165) is 10.4 Å². The van der Waals surface area contributed by atoms with Crippen molar-refractivity contribution in [2.24, 2.45) is 0 Å². The number of nitrogens with zero attached hydrogens (tertiary/aromatic N) is 1. The van der Waals surface area contributed by atoms with Gasteiger partial charge in [-0.25, -0.2) is 22.5 Å². The van der Waals surface area contributed by atoms with Gasteiger partial charge in [0.2, 0.25) is 10.0 Å². The first-order valence-electron chi connectivity index (χ1n) is 7.88. The summed E-state index contributed by atoms with van der Waals surface area (Å²) >= 11 is 1.28. The monoisotopic (exact) mass is 405 g/mol. The van der Waals surface area contributed by atoms with Gasteiger partial charge in [-0.1, -0.05) is 6.07 Å². The van der Waals surface area contributed by atoms with E-state index in [0.29, 0.717) is 10.8 Å². The minimum atomic E-state index is -3.64. The Morgan fingerprint density at radius 2 is 1.85 bits per heavy atom. The molecule has 9 heteroatoms. The van der Waals surface area contributed by atoms with Crippen LogP contribution in [0.2, 0.25) is 0 Å². The Balaban J connectivity index is 1.84. The zero-order chi connectivity index (χ0) is 19.6. The molecule has 0 aliphatic rings. The van der Waals surface area contributed by atoms with Crippen LogP contribution in [-0.4, -0.2) is 26.4 Å². The highest BCUT2D eigenvalue weighted by Crippen LogP contribution is 2.30. The summed E-state index contributed by atoms with van der Waals surface area (Å²) in [5.41, 5.74) is 1.59. The van der Waals surface area contributed by atoms with Crippen LogP contribution in [0.4, 0.5) is 9.52 Å². The largest absolute Gasteiger partial charge is 0.298 e. The lowest BCUT2D eigenvalue weighted by molar-refractivity contribution is 0.102. The molecule has 1 heterocycles. The fourth-order valence-corrected chi connectivity index (χ4v) is 4.02. The van der Waals surface area contributed by atoms with Crippen LogP contribution in [-0.2, 0) is 10.0 Å². The average Bonchev–Trinajstić information content (AvgIpc) is 3.02. The number of rotatable bonds is 5. The van der Waals surface area contributed by atoms with Gasteiger partial charge in [-0.2, -0.15) is 0 Å². The third-order valence-corrected chi connectivity index (χ3v) is 6.11. The maximum Gasteiger partial charge on any atom is 0.257 e. The Bertz CT molecular complexity index is 1090. The normalized spacial score (nSPS) is 11.4. The van der Waals surface area contributed by atoms with Crippen LogP contribution in [0.1, 0.15) is 15.2 Å². The molecule has 6 nitrogen and oxygen atoms in total. The third-order valence-electron chi connectivity index (χ3n) is 3.81. The van der Waals surface area contributed by atoms with Gasteiger partial charge < -0.3 is 0 Å². The summed E-state index contributed by atoms with van der Waals surface area (Å²) in [7, 11) is -2.34. The number of amides is 1. The number of thiazole rings is 1. The van der Waals surface area contributed by atoms with Gasteiger partial charge in [-0.15, -0.1) is 11.3 Å². The van der Waals surface area contributed by atoms with E-state index in [2.05, 4.69) is 15.0 Å². The number of benzene rings is 2. The molecule has 140 valence electrons. The Hall–Kier alpha value is -2.62. The van der Waals surface area contributed by atoms with Crippen LogP contribution in [0.5, 0.6) is 0 Å². The highest BCUT2D eigenvalue weighted by Gasteiger charge is 2.16. The number of hydrogen-bond acceptors (Lipinski definition) is 5. The predicted octanol–water partition coefficient (Wildman–Crippen LogP) is 3.42. The molecule has 27 heavy (non-hydrogen) atoms. The smallest absolute Gasteiger partial charge is 0.257 e. The lowest BCUT2D eigenvalue weighted by Crippen LogP contribution is -2.19. The summed E-state index contributed by atoms with van der Waals surface area (Å²) in [4.78, 5) is 17.7. The minimum absolute atomic E-state index is 0.0000273. The molecule has 1 amide bonds. The second-order valence-electron chi connectivity index (χ2n) is 5.62. The molecule has 3 rings (SSSR count). The first-order valence-corrected chi connectivity index (χ1v) is 10.2. The van der Waals surface area contributed by atoms with E-state index in [1.165, 1.54) is 54.8 Å². The van der Waals surface area contributed by atoms with Gasteiger partial charge >= 0.3 is 0 Å². The van der Waals surface area contributed by atoms with E-state index < -0.39 is 15.9 Å². The molecule has 0 spiro atoms. The fraction of sp³-hybridized carbons (Fsp3) is 0.111. The average molecular weight is 405 g/mol. The number of carbonyl (C=O) groups excluding carboxylic acids is 1. The molecule has 0 fully saturated rings. The lowest BCUT2D eigenvalue weighted by atomic mass is 10.1. The van der Waals surface area contributed by atoms with E-state index in [-0.39, 0.29) is 16.3 Å². The number of carbonyl (C=O) groups is 1. The summed E-state index contributed by atoms with van der Waals surface area (Å²) in [5, 5.41) is 3.05. The molecule has 0 atom stereocenters. The van der Waals surface area contributed by atoms with Crippen molar-refractivity contribution in [3.05, 3.63) is 64.8 Å². The van der Waals surface area contributed by atoms with E-state index in [9.17, 15) is 17.6 Å². The molecule has 0 saturated heterocycles. The van der Waals surface area contributed by atoms with Gasteiger partial charge in [0, 0.05) is 16.0 Å². The van der Waals surface area contributed by atoms with Crippen LogP contribution in [0, 0.1) is 12.7 Å². The second kappa shape index (κ2) is 7.55. The summed E-state index contributed by atoms with van der Waals surface area (Å²) in [5.74, 6) is -0.806. The van der Waals surface area contributed by atoms with Gasteiger partial charge in [0.1, 0.15) is 5.82 Å². The first kappa shape index (κ1) is 19.2. The van der Waals surface area contributed by atoms with Gasteiger partial charge in [0.25, 0.3) is 5.91 Å². The topological polar surface area (TPSA) is 88.2 Å². The zero-order valence-electron chi connectivity index (χ0n) is 14.5. The van der Waals surface area contributed by atoms with Gasteiger partial charge in [-0.05, 0) is 56.4 Å². The lowest BCUT2D eigenvalue weighted by Gasteiger charge is -2.05. The number of nitrogens with one attached hydrogen (secondary N) is 2. The standard InChI is InChI=1S/C18H16FN3O3S2/c1-11-16(12-6-8-14(19)9-7-12)21-18(26-11)22-17(23)13-4-3-5-15(10-13)27(24,25)20-2/h3-10,20H,1-2H3,(H,21,22,23). The van der Waals surface area contributed by atoms with E-state index in [1.54, 1.807) is 12.1 Å². The Morgan fingerprint density at radius 1 is 1.15 bits per heavy atom. The molecule has 0 saturated carbocycles. The molecule has 0 bridgehead atoms. The Morgan fingerprint density at radius 3 is 2.52 bits per heavy atom. The van der Waals surface area contributed by atoms with Crippen molar-refractivity contribution in [2.75, 3.05) is 12.4 Å². The fourth-order valence-electron chi connectivity index (χ4n) is 2.42. The SMILES string of the molecule is CNS(=O)(=O)c1cccc(C(=O)Nc2nc(-c3ccc(F)cc3)c(C)s2)c1.